The molecule has 0 aromatic rings. The van der Waals surface area contributed by atoms with Crippen LogP contribution in [0.5, 0.6) is 0 Å². The van der Waals surface area contributed by atoms with E-state index in [2.05, 4.69) is 137 Å². The summed E-state index contributed by atoms with van der Waals surface area (Å²) in [6.07, 6.45) is 2.48. The first kappa shape index (κ1) is 31.3. The van der Waals surface area contributed by atoms with Crippen LogP contribution in [-0.2, 0) is 0 Å². The molecule has 0 aromatic heterocycles. The lowest BCUT2D eigenvalue weighted by Gasteiger charge is -2.61. The molecule has 0 aliphatic rings. The van der Waals surface area contributed by atoms with E-state index in [4.69, 9.17) is 0 Å². The van der Waals surface area contributed by atoms with Gasteiger partial charge in [-0.25, -0.2) is 0 Å². The van der Waals surface area contributed by atoms with Crippen molar-refractivity contribution < 1.29 is 0 Å². The number of nitrogens with zero attached hydrogens (tertiary/aromatic N) is 1. The van der Waals surface area contributed by atoms with Gasteiger partial charge >= 0.3 is 0 Å². The van der Waals surface area contributed by atoms with Crippen LogP contribution >= 0.6 is 0 Å². The molecule has 0 bridgehead atoms. The minimum absolute atomic E-state index is 0.00955. The van der Waals surface area contributed by atoms with E-state index in [0.717, 1.165) is 12.8 Å². The van der Waals surface area contributed by atoms with Gasteiger partial charge in [0.05, 0.1) is 6.17 Å². The Morgan fingerprint density at radius 2 is 0.935 bits per heavy atom. The first-order chi connectivity index (χ1) is 13.1. The third-order valence-corrected chi connectivity index (χ3v) is 13.2. The van der Waals surface area contributed by atoms with Crippen LogP contribution in [0.25, 0.3) is 0 Å². The molecule has 0 amide bonds. The SMILES string of the molecule is CC(C)(C)CC(C)(C)NC(NC(C)(C)C)C(C)(CC(C)(C)C)N([Si](C)(C)C)[Si](C)(C)C. The summed E-state index contributed by atoms with van der Waals surface area (Å²) in [5.41, 5.74) is 0.583. The second-order valence-electron chi connectivity index (χ2n) is 16.4. The van der Waals surface area contributed by atoms with Gasteiger partial charge in [0.1, 0.15) is 16.5 Å². The molecular formula is C26H61N3Si2. The van der Waals surface area contributed by atoms with Crippen LogP contribution in [0.3, 0.4) is 0 Å². The lowest BCUT2D eigenvalue weighted by Crippen LogP contribution is -2.78. The Bertz CT molecular complexity index is 552. The van der Waals surface area contributed by atoms with Crippen molar-refractivity contribution in [3.05, 3.63) is 0 Å². The van der Waals surface area contributed by atoms with Gasteiger partial charge in [-0.2, -0.15) is 0 Å². The van der Waals surface area contributed by atoms with E-state index in [1.54, 1.807) is 0 Å². The predicted molar refractivity (Wildman–Crippen MR) is 149 cm³/mol. The molecule has 0 rings (SSSR count). The van der Waals surface area contributed by atoms with E-state index in [1.165, 1.54) is 0 Å². The zero-order valence-electron chi connectivity index (χ0n) is 24.9. The highest BCUT2D eigenvalue weighted by molar-refractivity contribution is 6.89. The van der Waals surface area contributed by atoms with Crippen molar-refractivity contribution in [3.8, 4) is 0 Å². The van der Waals surface area contributed by atoms with Crippen molar-refractivity contribution in [3.63, 3.8) is 0 Å². The van der Waals surface area contributed by atoms with Crippen LogP contribution < -0.4 is 10.6 Å². The minimum Gasteiger partial charge on any atom is -0.338 e. The lowest BCUT2D eigenvalue weighted by atomic mass is 9.77. The van der Waals surface area contributed by atoms with Gasteiger partial charge in [0, 0.05) is 16.6 Å². The Hall–Kier alpha value is 0.314. The first-order valence-corrected chi connectivity index (χ1v) is 19.3. The van der Waals surface area contributed by atoms with Gasteiger partial charge in [-0.15, -0.1) is 0 Å². The van der Waals surface area contributed by atoms with Crippen molar-refractivity contribution >= 4 is 16.5 Å². The normalized spacial score (nSPS) is 18.3. The molecule has 0 radical (unpaired) electrons. The van der Waals surface area contributed by atoms with Crippen molar-refractivity contribution in [2.75, 3.05) is 0 Å². The average molecular weight is 472 g/mol. The molecule has 2 atom stereocenters. The first-order valence-electron chi connectivity index (χ1n) is 12.5. The van der Waals surface area contributed by atoms with Gasteiger partial charge in [-0.1, -0.05) is 80.8 Å². The molecule has 0 saturated carbocycles. The fourth-order valence-corrected chi connectivity index (χ4v) is 18.0. The maximum atomic E-state index is 4.19. The van der Waals surface area contributed by atoms with Gasteiger partial charge < -0.3 is 4.23 Å². The number of nitrogens with one attached hydrogen (secondary N) is 2. The summed E-state index contributed by atoms with van der Waals surface area (Å²) in [4.78, 5) is 0. The maximum absolute atomic E-state index is 4.19. The van der Waals surface area contributed by atoms with Crippen LogP contribution in [0, 0.1) is 10.8 Å². The Morgan fingerprint density at radius 3 is 1.19 bits per heavy atom. The minimum atomic E-state index is -1.60. The van der Waals surface area contributed by atoms with E-state index in [1.807, 2.05) is 0 Å². The molecule has 0 heterocycles. The summed E-state index contributed by atoms with van der Waals surface area (Å²) in [6.45, 7) is 43.8. The third kappa shape index (κ3) is 11.3. The smallest absolute Gasteiger partial charge is 0.112 e. The van der Waals surface area contributed by atoms with Crippen LogP contribution in [0.2, 0.25) is 39.3 Å². The molecule has 188 valence electrons. The number of hydrogen-bond donors (Lipinski definition) is 2. The summed E-state index contributed by atoms with van der Waals surface area (Å²) in [7, 11) is -3.21. The molecule has 3 nitrogen and oxygen atoms in total. The molecular weight excluding hydrogens is 410 g/mol. The summed E-state index contributed by atoms with van der Waals surface area (Å²) < 4.78 is 3.04. The van der Waals surface area contributed by atoms with Crippen LogP contribution in [-0.4, -0.2) is 43.5 Å². The molecule has 0 aliphatic carbocycles. The summed E-state index contributed by atoms with van der Waals surface area (Å²) in [5, 5.41) is 8.26. The largest absolute Gasteiger partial charge is 0.338 e. The third-order valence-electron chi connectivity index (χ3n) is 5.45. The topological polar surface area (TPSA) is 27.3 Å². The zero-order chi connectivity index (χ0) is 25.5. The predicted octanol–water partition coefficient (Wildman–Crippen LogP) is 7.67. The Balaban J connectivity index is 6.80. The van der Waals surface area contributed by atoms with Gasteiger partial charge in [-0.05, 0) is 65.2 Å². The van der Waals surface area contributed by atoms with Gasteiger partial charge in [0.2, 0.25) is 0 Å². The van der Waals surface area contributed by atoms with Crippen LogP contribution in [0.15, 0.2) is 0 Å². The van der Waals surface area contributed by atoms with E-state index >= 15 is 0 Å². The zero-order valence-corrected chi connectivity index (χ0v) is 26.9. The van der Waals surface area contributed by atoms with E-state index in [9.17, 15) is 0 Å². The van der Waals surface area contributed by atoms with Crippen molar-refractivity contribution in [2.24, 2.45) is 10.8 Å². The highest BCUT2D eigenvalue weighted by Gasteiger charge is 2.52. The number of rotatable bonds is 9. The fourth-order valence-electron chi connectivity index (χ4n) is 6.47. The van der Waals surface area contributed by atoms with Gasteiger partial charge in [-0.3, -0.25) is 10.6 Å². The molecule has 2 N–H and O–H groups in total. The Morgan fingerprint density at radius 1 is 0.581 bits per heavy atom. The molecule has 0 saturated heterocycles. The Kier molecular flexibility index (Phi) is 9.61. The summed E-state index contributed by atoms with van der Waals surface area (Å²) in [5.74, 6) is 0. The van der Waals surface area contributed by atoms with Crippen molar-refractivity contribution in [1.82, 2.24) is 14.9 Å². The Labute approximate surface area is 200 Å². The van der Waals surface area contributed by atoms with E-state index in [-0.39, 0.29) is 33.6 Å². The van der Waals surface area contributed by atoms with Crippen molar-refractivity contribution in [1.29, 1.82) is 0 Å². The molecule has 31 heavy (non-hydrogen) atoms. The van der Waals surface area contributed by atoms with Gasteiger partial charge in [0.15, 0.2) is 0 Å². The quantitative estimate of drug-likeness (QED) is 0.267. The monoisotopic (exact) mass is 471 g/mol. The molecule has 5 heteroatoms. The second-order valence-corrected chi connectivity index (χ2v) is 26.4. The fraction of sp³-hybridized carbons (Fsp3) is 1.00. The highest BCUT2D eigenvalue weighted by atomic mass is 28.4. The molecule has 2 unspecified atom stereocenters. The lowest BCUT2D eigenvalue weighted by molar-refractivity contribution is 0.0690. The van der Waals surface area contributed by atoms with Gasteiger partial charge in [0.25, 0.3) is 0 Å². The van der Waals surface area contributed by atoms with Crippen LogP contribution in [0.1, 0.15) is 95.9 Å². The van der Waals surface area contributed by atoms with Crippen molar-refractivity contribution in [2.45, 2.75) is 158 Å². The number of hydrogen-bond acceptors (Lipinski definition) is 3. The van der Waals surface area contributed by atoms with E-state index < -0.39 is 16.5 Å². The standard InChI is InChI=1S/C26H61N3Si2/c1-22(2,3)19-25(10,11)28-21(27-24(7,8)9)26(12,20-23(4,5)6)29(30(13,14)15)31(16,17)18/h21,27-28H,19-20H2,1-18H3. The molecule has 0 fully saturated rings. The molecule has 0 aromatic carbocycles. The van der Waals surface area contributed by atoms with Crippen LogP contribution in [0.4, 0.5) is 0 Å². The molecule has 0 spiro atoms. The average Bonchev–Trinajstić information content (AvgIpc) is 2.24. The second kappa shape index (κ2) is 9.52. The molecule has 0 aliphatic heterocycles. The summed E-state index contributed by atoms with van der Waals surface area (Å²) >= 11 is 0. The highest BCUT2D eigenvalue weighted by Crippen LogP contribution is 2.41. The maximum Gasteiger partial charge on any atom is 0.112 e. The van der Waals surface area contributed by atoms with E-state index in [0.29, 0.717) is 0 Å². The summed E-state index contributed by atoms with van der Waals surface area (Å²) in [6, 6.07) is 0.